The fourth-order valence-corrected chi connectivity index (χ4v) is 2.06. The third-order valence-corrected chi connectivity index (χ3v) is 3.19. The second-order valence-electron chi connectivity index (χ2n) is 5.10. The standard InChI is InChI=1S/C16H20N2O2/c1-11(2)15-10-13(16(20)17-8-5-9-19)12-6-3-4-7-14(12)18-15/h3-4,6-7,10-11,19H,5,8-9H2,1-2H3,(H,17,20). The number of aliphatic hydroxyl groups excluding tert-OH is 1. The number of hydrogen-bond acceptors (Lipinski definition) is 3. The number of para-hydroxylation sites is 1. The molecule has 1 heterocycles. The summed E-state index contributed by atoms with van der Waals surface area (Å²) in [7, 11) is 0. The van der Waals surface area contributed by atoms with Crippen molar-refractivity contribution in [2.24, 2.45) is 0 Å². The molecule has 0 radical (unpaired) electrons. The van der Waals surface area contributed by atoms with Crippen molar-refractivity contribution in [1.82, 2.24) is 10.3 Å². The van der Waals surface area contributed by atoms with Gasteiger partial charge in [-0.05, 0) is 24.5 Å². The van der Waals surface area contributed by atoms with Gasteiger partial charge in [-0.2, -0.15) is 0 Å². The van der Waals surface area contributed by atoms with E-state index in [1.54, 1.807) is 0 Å². The molecule has 0 atom stereocenters. The highest BCUT2D eigenvalue weighted by atomic mass is 16.3. The lowest BCUT2D eigenvalue weighted by atomic mass is 10.0. The Morgan fingerprint density at radius 1 is 1.35 bits per heavy atom. The molecule has 4 heteroatoms. The number of aliphatic hydroxyl groups is 1. The van der Waals surface area contributed by atoms with Crippen molar-refractivity contribution in [1.29, 1.82) is 0 Å². The number of amides is 1. The van der Waals surface area contributed by atoms with Crippen molar-refractivity contribution < 1.29 is 9.90 Å². The average molecular weight is 272 g/mol. The normalized spacial score (nSPS) is 11.0. The zero-order valence-corrected chi connectivity index (χ0v) is 11.9. The molecule has 1 aromatic carbocycles. The van der Waals surface area contributed by atoms with Crippen LogP contribution in [0, 0.1) is 0 Å². The van der Waals surface area contributed by atoms with Crippen LogP contribution in [-0.4, -0.2) is 29.1 Å². The van der Waals surface area contributed by atoms with E-state index in [1.165, 1.54) is 0 Å². The van der Waals surface area contributed by atoms with Crippen molar-refractivity contribution >= 4 is 16.8 Å². The SMILES string of the molecule is CC(C)c1cc(C(=O)NCCCO)c2ccccc2n1. The van der Waals surface area contributed by atoms with E-state index < -0.39 is 0 Å². The second-order valence-corrected chi connectivity index (χ2v) is 5.10. The van der Waals surface area contributed by atoms with Gasteiger partial charge in [-0.25, -0.2) is 0 Å². The predicted molar refractivity (Wildman–Crippen MR) is 79.9 cm³/mol. The van der Waals surface area contributed by atoms with E-state index in [-0.39, 0.29) is 18.4 Å². The molecular weight excluding hydrogens is 252 g/mol. The molecule has 0 spiro atoms. The van der Waals surface area contributed by atoms with Gasteiger partial charge in [0, 0.05) is 24.2 Å². The first kappa shape index (κ1) is 14.5. The van der Waals surface area contributed by atoms with E-state index in [0.717, 1.165) is 16.6 Å². The van der Waals surface area contributed by atoms with E-state index in [4.69, 9.17) is 5.11 Å². The van der Waals surface area contributed by atoms with Gasteiger partial charge in [0.25, 0.3) is 5.91 Å². The minimum atomic E-state index is -0.112. The molecule has 0 saturated carbocycles. The zero-order valence-electron chi connectivity index (χ0n) is 11.9. The fourth-order valence-electron chi connectivity index (χ4n) is 2.06. The van der Waals surface area contributed by atoms with Crippen LogP contribution in [0.4, 0.5) is 0 Å². The number of benzene rings is 1. The Bertz CT molecular complexity index is 608. The van der Waals surface area contributed by atoms with Crippen LogP contribution in [0.15, 0.2) is 30.3 Å². The highest BCUT2D eigenvalue weighted by Crippen LogP contribution is 2.22. The summed E-state index contributed by atoms with van der Waals surface area (Å²) in [5.74, 6) is 0.155. The van der Waals surface area contributed by atoms with Gasteiger partial charge in [0.2, 0.25) is 0 Å². The third-order valence-electron chi connectivity index (χ3n) is 3.19. The molecule has 0 bridgehead atoms. The largest absolute Gasteiger partial charge is 0.396 e. The van der Waals surface area contributed by atoms with Gasteiger partial charge < -0.3 is 10.4 Å². The summed E-state index contributed by atoms with van der Waals surface area (Å²) in [5.41, 5.74) is 2.40. The Morgan fingerprint density at radius 3 is 2.80 bits per heavy atom. The molecule has 1 aromatic heterocycles. The lowest BCUT2D eigenvalue weighted by molar-refractivity contribution is 0.0952. The molecule has 1 amide bonds. The minimum absolute atomic E-state index is 0.0780. The van der Waals surface area contributed by atoms with E-state index in [9.17, 15) is 4.79 Å². The summed E-state index contributed by atoms with van der Waals surface area (Å²) < 4.78 is 0. The van der Waals surface area contributed by atoms with Crippen molar-refractivity contribution in [3.63, 3.8) is 0 Å². The molecule has 4 nitrogen and oxygen atoms in total. The summed E-state index contributed by atoms with van der Waals surface area (Å²) in [5, 5.41) is 12.5. The van der Waals surface area contributed by atoms with Crippen LogP contribution >= 0.6 is 0 Å². The Hall–Kier alpha value is -1.94. The number of rotatable bonds is 5. The van der Waals surface area contributed by atoms with Crippen LogP contribution in [0.3, 0.4) is 0 Å². The van der Waals surface area contributed by atoms with Crippen molar-refractivity contribution in [3.05, 3.63) is 41.6 Å². The summed E-state index contributed by atoms with van der Waals surface area (Å²) in [6.45, 7) is 4.67. The molecule has 0 aliphatic carbocycles. The van der Waals surface area contributed by atoms with Gasteiger partial charge in [0.1, 0.15) is 0 Å². The van der Waals surface area contributed by atoms with Crippen LogP contribution in [0.1, 0.15) is 42.2 Å². The molecule has 2 rings (SSSR count). The van der Waals surface area contributed by atoms with Crippen LogP contribution in [0.5, 0.6) is 0 Å². The topological polar surface area (TPSA) is 62.2 Å². The summed E-state index contributed by atoms with van der Waals surface area (Å²) >= 11 is 0. The lowest BCUT2D eigenvalue weighted by Crippen LogP contribution is -2.25. The molecule has 2 aromatic rings. The molecule has 0 saturated heterocycles. The maximum atomic E-state index is 12.3. The van der Waals surface area contributed by atoms with Gasteiger partial charge in [-0.15, -0.1) is 0 Å². The lowest BCUT2D eigenvalue weighted by Gasteiger charge is -2.11. The number of carbonyl (C=O) groups is 1. The van der Waals surface area contributed by atoms with E-state index >= 15 is 0 Å². The van der Waals surface area contributed by atoms with Gasteiger partial charge >= 0.3 is 0 Å². The highest BCUT2D eigenvalue weighted by molar-refractivity contribution is 6.06. The highest BCUT2D eigenvalue weighted by Gasteiger charge is 2.13. The maximum absolute atomic E-state index is 12.3. The number of nitrogens with zero attached hydrogens (tertiary/aromatic N) is 1. The average Bonchev–Trinajstić information content (AvgIpc) is 2.46. The van der Waals surface area contributed by atoms with Crippen LogP contribution in [-0.2, 0) is 0 Å². The molecule has 0 unspecified atom stereocenters. The number of aromatic nitrogens is 1. The Morgan fingerprint density at radius 2 is 2.10 bits per heavy atom. The van der Waals surface area contributed by atoms with Gasteiger partial charge in [0.05, 0.1) is 11.1 Å². The Labute approximate surface area is 118 Å². The first-order valence-corrected chi connectivity index (χ1v) is 6.92. The number of carbonyl (C=O) groups excluding carboxylic acids is 1. The molecule has 2 N–H and O–H groups in total. The number of nitrogens with one attached hydrogen (secondary N) is 1. The van der Waals surface area contributed by atoms with Gasteiger partial charge in [0.15, 0.2) is 0 Å². The van der Waals surface area contributed by atoms with E-state index in [0.29, 0.717) is 18.5 Å². The number of hydrogen-bond donors (Lipinski definition) is 2. The first-order valence-electron chi connectivity index (χ1n) is 6.92. The smallest absolute Gasteiger partial charge is 0.252 e. The molecule has 0 aliphatic heterocycles. The molecule has 20 heavy (non-hydrogen) atoms. The Kier molecular flexibility index (Phi) is 4.69. The van der Waals surface area contributed by atoms with Gasteiger partial charge in [-0.1, -0.05) is 32.0 Å². The maximum Gasteiger partial charge on any atom is 0.252 e. The number of pyridine rings is 1. The third kappa shape index (κ3) is 3.14. The minimum Gasteiger partial charge on any atom is -0.396 e. The monoisotopic (exact) mass is 272 g/mol. The molecule has 106 valence electrons. The zero-order chi connectivity index (χ0) is 14.5. The predicted octanol–water partition coefficient (Wildman–Crippen LogP) is 2.47. The first-order chi connectivity index (χ1) is 9.63. The molecule has 0 aliphatic rings. The quantitative estimate of drug-likeness (QED) is 0.822. The summed E-state index contributed by atoms with van der Waals surface area (Å²) in [6.07, 6.45) is 0.561. The van der Waals surface area contributed by atoms with Crippen LogP contribution in [0.25, 0.3) is 10.9 Å². The fraction of sp³-hybridized carbons (Fsp3) is 0.375. The van der Waals surface area contributed by atoms with Crippen molar-refractivity contribution in [2.45, 2.75) is 26.2 Å². The second kappa shape index (κ2) is 6.48. The van der Waals surface area contributed by atoms with Crippen molar-refractivity contribution in [2.75, 3.05) is 13.2 Å². The van der Waals surface area contributed by atoms with Crippen LogP contribution in [0.2, 0.25) is 0 Å². The van der Waals surface area contributed by atoms with Crippen molar-refractivity contribution in [3.8, 4) is 0 Å². The van der Waals surface area contributed by atoms with E-state index in [2.05, 4.69) is 24.1 Å². The molecular formula is C16H20N2O2. The van der Waals surface area contributed by atoms with E-state index in [1.807, 2.05) is 30.3 Å². The number of fused-ring (bicyclic) bond motifs is 1. The van der Waals surface area contributed by atoms with Crippen LogP contribution < -0.4 is 5.32 Å². The summed E-state index contributed by atoms with van der Waals surface area (Å²) in [4.78, 5) is 16.9. The summed E-state index contributed by atoms with van der Waals surface area (Å²) in [6, 6.07) is 9.52. The van der Waals surface area contributed by atoms with Gasteiger partial charge in [-0.3, -0.25) is 9.78 Å². The Balaban J connectivity index is 2.41. The molecule has 0 fully saturated rings.